The molecule has 0 aromatic rings. The third-order valence-electron chi connectivity index (χ3n) is 3.93. The van der Waals surface area contributed by atoms with E-state index in [4.69, 9.17) is 4.74 Å². The molecule has 1 aliphatic heterocycles. The summed E-state index contributed by atoms with van der Waals surface area (Å²) >= 11 is 0. The molecule has 2 aliphatic rings. The summed E-state index contributed by atoms with van der Waals surface area (Å²) < 4.78 is 5.47. The van der Waals surface area contributed by atoms with Gasteiger partial charge in [-0.3, -0.25) is 0 Å². The average molecular weight is 223 g/mol. The Balaban J connectivity index is 1.80. The Morgan fingerprint density at radius 3 is 2.62 bits per heavy atom. The van der Waals surface area contributed by atoms with Gasteiger partial charge in [0.15, 0.2) is 0 Å². The number of ether oxygens (including phenoxy) is 1. The van der Waals surface area contributed by atoms with E-state index >= 15 is 0 Å². The molecule has 1 N–H and O–H groups in total. The van der Waals surface area contributed by atoms with Crippen LogP contribution < -0.4 is 5.32 Å². The summed E-state index contributed by atoms with van der Waals surface area (Å²) in [6, 6.07) is 0. The van der Waals surface area contributed by atoms with Crippen molar-refractivity contribution in [2.75, 3.05) is 19.8 Å². The Morgan fingerprint density at radius 1 is 1.25 bits per heavy atom. The van der Waals surface area contributed by atoms with Crippen LogP contribution in [0.4, 0.5) is 0 Å². The fourth-order valence-electron chi connectivity index (χ4n) is 2.74. The molecule has 0 radical (unpaired) electrons. The molecule has 92 valence electrons. The lowest BCUT2D eigenvalue weighted by Crippen LogP contribution is -2.43. The first kappa shape index (κ1) is 12.1. The van der Waals surface area contributed by atoms with Gasteiger partial charge in [-0.05, 0) is 31.8 Å². The molecule has 1 heterocycles. The molecule has 0 aromatic carbocycles. The SMILES string of the molecule is CC1(NCC2=CCCOC2)CCCCCC1. The molecule has 16 heavy (non-hydrogen) atoms. The Kier molecular flexibility index (Phi) is 4.42. The van der Waals surface area contributed by atoms with Gasteiger partial charge in [0.1, 0.15) is 0 Å². The van der Waals surface area contributed by atoms with E-state index in [1.165, 1.54) is 44.1 Å². The molecule has 0 saturated heterocycles. The van der Waals surface area contributed by atoms with Crippen LogP contribution in [0, 0.1) is 0 Å². The zero-order valence-electron chi connectivity index (χ0n) is 10.6. The molecule has 1 saturated carbocycles. The van der Waals surface area contributed by atoms with Crippen LogP contribution in [0.15, 0.2) is 11.6 Å². The lowest BCUT2D eigenvalue weighted by Gasteiger charge is -2.30. The molecular weight excluding hydrogens is 198 g/mol. The van der Waals surface area contributed by atoms with Crippen molar-refractivity contribution >= 4 is 0 Å². The highest BCUT2D eigenvalue weighted by Crippen LogP contribution is 2.26. The molecule has 2 nitrogen and oxygen atoms in total. The summed E-state index contributed by atoms with van der Waals surface area (Å²) in [7, 11) is 0. The Hall–Kier alpha value is -0.340. The first-order valence-electron chi connectivity index (χ1n) is 6.79. The highest BCUT2D eigenvalue weighted by Gasteiger charge is 2.24. The van der Waals surface area contributed by atoms with E-state index in [1.807, 2.05) is 0 Å². The number of rotatable bonds is 3. The minimum Gasteiger partial charge on any atom is -0.377 e. The van der Waals surface area contributed by atoms with Crippen molar-refractivity contribution in [2.45, 2.75) is 57.4 Å². The molecule has 0 unspecified atom stereocenters. The third-order valence-corrected chi connectivity index (χ3v) is 3.93. The summed E-state index contributed by atoms with van der Waals surface area (Å²) in [5.41, 5.74) is 1.81. The summed E-state index contributed by atoms with van der Waals surface area (Å²) in [5, 5.41) is 3.76. The van der Waals surface area contributed by atoms with Gasteiger partial charge in [0.25, 0.3) is 0 Å². The van der Waals surface area contributed by atoms with E-state index in [0.29, 0.717) is 5.54 Å². The van der Waals surface area contributed by atoms with Gasteiger partial charge in [0.05, 0.1) is 13.2 Å². The maximum absolute atomic E-state index is 5.47. The second kappa shape index (κ2) is 5.83. The number of hydrogen-bond acceptors (Lipinski definition) is 2. The maximum atomic E-state index is 5.47. The topological polar surface area (TPSA) is 21.3 Å². The number of hydrogen-bond donors (Lipinski definition) is 1. The minimum atomic E-state index is 0.370. The van der Waals surface area contributed by atoms with Crippen LogP contribution in [0.1, 0.15) is 51.9 Å². The normalized spacial score (nSPS) is 25.9. The monoisotopic (exact) mass is 223 g/mol. The van der Waals surface area contributed by atoms with E-state index in [9.17, 15) is 0 Å². The van der Waals surface area contributed by atoms with Gasteiger partial charge >= 0.3 is 0 Å². The van der Waals surface area contributed by atoms with Gasteiger partial charge in [-0.15, -0.1) is 0 Å². The molecule has 1 fully saturated rings. The van der Waals surface area contributed by atoms with Crippen molar-refractivity contribution in [3.63, 3.8) is 0 Å². The standard InChI is InChI=1S/C14H25NO/c1-14(8-4-2-3-5-9-14)15-11-13-7-6-10-16-12-13/h7,15H,2-6,8-12H2,1H3. The summed E-state index contributed by atoms with van der Waals surface area (Å²) in [6.45, 7) is 5.16. The highest BCUT2D eigenvalue weighted by molar-refractivity contribution is 5.08. The molecule has 0 amide bonds. The highest BCUT2D eigenvalue weighted by atomic mass is 16.5. The van der Waals surface area contributed by atoms with Crippen LogP contribution >= 0.6 is 0 Å². The van der Waals surface area contributed by atoms with Crippen molar-refractivity contribution < 1.29 is 4.74 Å². The van der Waals surface area contributed by atoms with Gasteiger partial charge < -0.3 is 10.1 Å². The molecular formula is C14H25NO. The Labute approximate surface area is 99.4 Å². The van der Waals surface area contributed by atoms with E-state index < -0.39 is 0 Å². The van der Waals surface area contributed by atoms with E-state index in [2.05, 4.69) is 18.3 Å². The van der Waals surface area contributed by atoms with Crippen molar-refractivity contribution in [2.24, 2.45) is 0 Å². The van der Waals surface area contributed by atoms with Crippen LogP contribution in [-0.4, -0.2) is 25.3 Å². The van der Waals surface area contributed by atoms with Crippen LogP contribution in [0.25, 0.3) is 0 Å². The van der Waals surface area contributed by atoms with E-state index in [0.717, 1.165) is 26.2 Å². The molecule has 2 heteroatoms. The fraction of sp³-hybridized carbons (Fsp3) is 0.857. The van der Waals surface area contributed by atoms with Gasteiger partial charge in [-0.25, -0.2) is 0 Å². The molecule has 0 spiro atoms. The molecule has 0 aromatic heterocycles. The second-order valence-electron chi connectivity index (χ2n) is 5.53. The fourth-order valence-corrected chi connectivity index (χ4v) is 2.74. The maximum Gasteiger partial charge on any atom is 0.0689 e. The van der Waals surface area contributed by atoms with E-state index in [-0.39, 0.29) is 0 Å². The molecule has 2 rings (SSSR count). The molecule has 0 bridgehead atoms. The largest absolute Gasteiger partial charge is 0.377 e. The summed E-state index contributed by atoms with van der Waals surface area (Å²) in [5.74, 6) is 0. The lowest BCUT2D eigenvalue weighted by molar-refractivity contribution is 0.147. The Morgan fingerprint density at radius 2 is 2.00 bits per heavy atom. The zero-order chi connectivity index (χ0) is 11.3. The summed E-state index contributed by atoms with van der Waals surface area (Å²) in [6.07, 6.45) is 11.7. The van der Waals surface area contributed by atoms with Crippen molar-refractivity contribution in [3.8, 4) is 0 Å². The van der Waals surface area contributed by atoms with Gasteiger partial charge in [-0.1, -0.05) is 31.8 Å². The molecule has 1 aliphatic carbocycles. The van der Waals surface area contributed by atoms with E-state index in [1.54, 1.807) is 0 Å². The van der Waals surface area contributed by atoms with Crippen LogP contribution in [0.3, 0.4) is 0 Å². The first-order valence-corrected chi connectivity index (χ1v) is 6.79. The smallest absolute Gasteiger partial charge is 0.0689 e. The van der Waals surface area contributed by atoms with Crippen molar-refractivity contribution in [1.82, 2.24) is 5.32 Å². The zero-order valence-corrected chi connectivity index (χ0v) is 10.6. The molecule has 0 atom stereocenters. The average Bonchev–Trinajstić information content (AvgIpc) is 2.54. The van der Waals surface area contributed by atoms with Gasteiger partial charge in [-0.2, -0.15) is 0 Å². The predicted molar refractivity (Wildman–Crippen MR) is 67.6 cm³/mol. The lowest BCUT2D eigenvalue weighted by atomic mass is 9.92. The Bertz CT molecular complexity index is 239. The van der Waals surface area contributed by atoms with Crippen LogP contribution in [0.5, 0.6) is 0 Å². The summed E-state index contributed by atoms with van der Waals surface area (Å²) in [4.78, 5) is 0. The van der Waals surface area contributed by atoms with Gasteiger partial charge in [0, 0.05) is 12.1 Å². The van der Waals surface area contributed by atoms with Crippen LogP contribution in [0.2, 0.25) is 0 Å². The van der Waals surface area contributed by atoms with Gasteiger partial charge in [0.2, 0.25) is 0 Å². The second-order valence-corrected chi connectivity index (χ2v) is 5.53. The van der Waals surface area contributed by atoms with Crippen LogP contribution in [-0.2, 0) is 4.74 Å². The minimum absolute atomic E-state index is 0.370. The quantitative estimate of drug-likeness (QED) is 0.586. The van der Waals surface area contributed by atoms with Crippen molar-refractivity contribution in [1.29, 1.82) is 0 Å². The predicted octanol–water partition coefficient (Wildman–Crippen LogP) is 3.04. The van der Waals surface area contributed by atoms with Crippen molar-refractivity contribution in [3.05, 3.63) is 11.6 Å². The first-order chi connectivity index (χ1) is 7.79. The third kappa shape index (κ3) is 3.60. The number of nitrogens with one attached hydrogen (secondary N) is 1.